The molecular weight excluding hydrogens is 330 g/mol. The van der Waals surface area contributed by atoms with Crippen molar-refractivity contribution < 1.29 is 13.2 Å². The summed E-state index contributed by atoms with van der Waals surface area (Å²) in [5.41, 5.74) is 1.04. The van der Waals surface area contributed by atoms with Crippen molar-refractivity contribution in [1.82, 2.24) is 5.32 Å². The molecule has 0 heterocycles. The monoisotopic (exact) mass is 349 g/mol. The Labute approximate surface area is 123 Å². The van der Waals surface area contributed by atoms with Crippen molar-refractivity contribution in [3.05, 3.63) is 28.2 Å². The highest BCUT2D eigenvalue weighted by atomic mass is 79.9. The van der Waals surface area contributed by atoms with Crippen LogP contribution in [0.15, 0.2) is 22.7 Å². The Bertz CT molecular complexity index is 517. The Hall–Kier alpha value is -0.590. The second kappa shape index (κ2) is 7.26. The van der Waals surface area contributed by atoms with Gasteiger partial charge in [-0.1, -0.05) is 22.0 Å². The Morgan fingerprint density at radius 1 is 1.42 bits per heavy atom. The number of benzene rings is 1. The summed E-state index contributed by atoms with van der Waals surface area (Å²) < 4.78 is 28.6. The minimum absolute atomic E-state index is 0.0878. The van der Waals surface area contributed by atoms with Crippen LogP contribution in [0.3, 0.4) is 0 Å². The van der Waals surface area contributed by atoms with Crippen molar-refractivity contribution in [2.75, 3.05) is 26.2 Å². The molecular formula is C13H20BrNO3S. The van der Waals surface area contributed by atoms with E-state index >= 15 is 0 Å². The van der Waals surface area contributed by atoms with Crippen molar-refractivity contribution in [3.8, 4) is 5.75 Å². The van der Waals surface area contributed by atoms with Crippen LogP contribution in [0.1, 0.15) is 24.4 Å². The van der Waals surface area contributed by atoms with Crippen LogP contribution in [-0.4, -0.2) is 34.6 Å². The van der Waals surface area contributed by atoms with Crippen LogP contribution in [-0.2, 0) is 9.84 Å². The minimum atomic E-state index is -2.90. The summed E-state index contributed by atoms with van der Waals surface area (Å²) in [7, 11) is 0.602. The predicted molar refractivity (Wildman–Crippen MR) is 81.4 cm³/mol. The summed E-state index contributed by atoms with van der Waals surface area (Å²) in [6.07, 6.45) is 2.65. The molecule has 0 saturated carbocycles. The number of sulfone groups is 1. The summed E-state index contributed by atoms with van der Waals surface area (Å²) >= 11 is 3.41. The average molecular weight is 350 g/mol. The molecule has 108 valence electrons. The van der Waals surface area contributed by atoms with Gasteiger partial charge >= 0.3 is 0 Å². The normalized spacial score (nSPS) is 13.3. The molecule has 0 aliphatic rings. The van der Waals surface area contributed by atoms with E-state index in [9.17, 15) is 8.42 Å². The zero-order valence-corrected chi connectivity index (χ0v) is 13.8. The van der Waals surface area contributed by atoms with Gasteiger partial charge in [0.15, 0.2) is 0 Å². The van der Waals surface area contributed by atoms with Gasteiger partial charge in [0.05, 0.1) is 7.11 Å². The lowest BCUT2D eigenvalue weighted by Gasteiger charge is -2.19. The van der Waals surface area contributed by atoms with E-state index in [1.54, 1.807) is 7.11 Å². The molecule has 1 atom stereocenters. The third-order valence-corrected chi connectivity index (χ3v) is 4.45. The topological polar surface area (TPSA) is 55.4 Å². The SMILES string of the molecule is CNC(CCCS(C)(=O)=O)c1ccc(Br)cc1OC. The number of hydrogen-bond donors (Lipinski definition) is 1. The fraction of sp³-hybridized carbons (Fsp3) is 0.538. The summed E-state index contributed by atoms with van der Waals surface area (Å²) in [4.78, 5) is 0. The van der Waals surface area contributed by atoms with Gasteiger partial charge in [-0.25, -0.2) is 8.42 Å². The van der Waals surface area contributed by atoms with E-state index in [0.717, 1.165) is 22.2 Å². The van der Waals surface area contributed by atoms with Crippen LogP contribution in [0.5, 0.6) is 5.75 Å². The molecule has 0 aliphatic carbocycles. The Morgan fingerprint density at radius 3 is 2.63 bits per heavy atom. The zero-order chi connectivity index (χ0) is 14.5. The molecule has 0 aromatic heterocycles. The van der Waals surface area contributed by atoms with Crippen LogP contribution in [0.25, 0.3) is 0 Å². The third kappa shape index (κ3) is 5.50. The van der Waals surface area contributed by atoms with Gasteiger partial charge in [-0.05, 0) is 32.0 Å². The largest absolute Gasteiger partial charge is 0.496 e. The first-order valence-corrected chi connectivity index (χ1v) is 8.91. The summed E-state index contributed by atoms with van der Waals surface area (Å²) in [6, 6.07) is 5.95. The quantitative estimate of drug-likeness (QED) is 0.821. The molecule has 1 aromatic carbocycles. The van der Waals surface area contributed by atoms with Gasteiger partial charge in [0.25, 0.3) is 0 Å². The number of nitrogens with one attached hydrogen (secondary N) is 1. The van der Waals surface area contributed by atoms with Crippen LogP contribution >= 0.6 is 15.9 Å². The van der Waals surface area contributed by atoms with Gasteiger partial charge in [0, 0.05) is 28.1 Å². The van der Waals surface area contributed by atoms with Gasteiger partial charge in [-0.2, -0.15) is 0 Å². The number of methoxy groups -OCH3 is 1. The smallest absolute Gasteiger partial charge is 0.147 e. The minimum Gasteiger partial charge on any atom is -0.496 e. The molecule has 0 saturated heterocycles. The molecule has 1 rings (SSSR count). The van der Waals surface area contributed by atoms with Crippen LogP contribution in [0.2, 0.25) is 0 Å². The fourth-order valence-corrected chi connectivity index (χ4v) is 3.01. The molecule has 0 radical (unpaired) electrons. The lowest BCUT2D eigenvalue weighted by molar-refractivity contribution is 0.398. The molecule has 0 fully saturated rings. The molecule has 0 aliphatic heterocycles. The van der Waals surface area contributed by atoms with Crippen LogP contribution in [0, 0.1) is 0 Å². The van der Waals surface area contributed by atoms with E-state index in [4.69, 9.17) is 4.74 Å². The van der Waals surface area contributed by atoms with Crippen molar-refractivity contribution in [2.45, 2.75) is 18.9 Å². The molecule has 1 aromatic rings. The van der Waals surface area contributed by atoms with Crippen molar-refractivity contribution >= 4 is 25.8 Å². The highest BCUT2D eigenvalue weighted by Gasteiger charge is 2.15. The van der Waals surface area contributed by atoms with Crippen molar-refractivity contribution in [3.63, 3.8) is 0 Å². The van der Waals surface area contributed by atoms with Crippen LogP contribution < -0.4 is 10.1 Å². The van der Waals surface area contributed by atoms with Gasteiger partial charge in [-0.15, -0.1) is 0 Å². The molecule has 4 nitrogen and oxygen atoms in total. The maximum Gasteiger partial charge on any atom is 0.147 e. The Balaban J connectivity index is 2.79. The van der Waals surface area contributed by atoms with E-state index < -0.39 is 9.84 Å². The van der Waals surface area contributed by atoms with E-state index in [2.05, 4.69) is 21.2 Å². The molecule has 0 amide bonds. The van der Waals surface area contributed by atoms with E-state index in [0.29, 0.717) is 6.42 Å². The maximum atomic E-state index is 11.2. The number of ether oxygens (including phenoxy) is 1. The van der Waals surface area contributed by atoms with E-state index in [-0.39, 0.29) is 11.8 Å². The number of hydrogen-bond acceptors (Lipinski definition) is 4. The standard InChI is InChI=1S/C13H20BrNO3S/c1-15-12(5-4-8-19(3,16)17)11-7-6-10(14)9-13(11)18-2/h6-7,9,12,15H,4-5,8H2,1-3H3. The second-order valence-corrected chi connectivity index (χ2v) is 7.68. The highest BCUT2D eigenvalue weighted by molar-refractivity contribution is 9.10. The lowest BCUT2D eigenvalue weighted by atomic mass is 10.0. The summed E-state index contributed by atoms with van der Waals surface area (Å²) in [5, 5.41) is 3.21. The lowest BCUT2D eigenvalue weighted by Crippen LogP contribution is -2.18. The Morgan fingerprint density at radius 2 is 2.11 bits per heavy atom. The molecule has 19 heavy (non-hydrogen) atoms. The summed E-state index contributed by atoms with van der Waals surface area (Å²) in [5.74, 6) is 1.01. The number of rotatable bonds is 7. The van der Waals surface area contributed by atoms with Gasteiger partial charge < -0.3 is 10.1 Å². The summed E-state index contributed by atoms with van der Waals surface area (Å²) in [6.45, 7) is 0. The molecule has 6 heteroatoms. The number of halogens is 1. The molecule has 1 unspecified atom stereocenters. The first-order chi connectivity index (χ1) is 8.87. The van der Waals surface area contributed by atoms with Crippen molar-refractivity contribution in [2.24, 2.45) is 0 Å². The van der Waals surface area contributed by atoms with Gasteiger partial charge in [0.2, 0.25) is 0 Å². The molecule has 1 N–H and O–H groups in total. The first-order valence-electron chi connectivity index (χ1n) is 6.06. The second-order valence-electron chi connectivity index (χ2n) is 4.50. The maximum absolute atomic E-state index is 11.2. The molecule has 0 bridgehead atoms. The Kier molecular flexibility index (Phi) is 6.29. The third-order valence-electron chi connectivity index (χ3n) is 2.93. The van der Waals surface area contributed by atoms with Gasteiger partial charge in [-0.3, -0.25) is 0 Å². The van der Waals surface area contributed by atoms with Crippen molar-refractivity contribution in [1.29, 1.82) is 0 Å². The van der Waals surface area contributed by atoms with E-state index in [1.807, 2.05) is 25.2 Å². The van der Waals surface area contributed by atoms with E-state index in [1.165, 1.54) is 6.26 Å². The highest BCUT2D eigenvalue weighted by Crippen LogP contribution is 2.30. The first kappa shape index (κ1) is 16.5. The predicted octanol–water partition coefficient (Wildman–Crippen LogP) is 2.54. The fourth-order valence-electron chi connectivity index (χ4n) is 1.98. The van der Waals surface area contributed by atoms with Crippen LogP contribution in [0.4, 0.5) is 0 Å². The average Bonchev–Trinajstić information content (AvgIpc) is 2.34. The molecule has 0 spiro atoms. The zero-order valence-electron chi connectivity index (χ0n) is 11.4. The van der Waals surface area contributed by atoms with Gasteiger partial charge in [0.1, 0.15) is 15.6 Å².